The third-order valence-electron chi connectivity index (χ3n) is 5.50. The van der Waals surface area contributed by atoms with E-state index >= 15 is 4.39 Å². The lowest BCUT2D eigenvalue weighted by molar-refractivity contribution is 0.0170. The Balaban J connectivity index is 1.87. The molecule has 4 rings (SSSR count). The Morgan fingerprint density at radius 2 is 2.17 bits per heavy atom. The highest BCUT2D eigenvalue weighted by molar-refractivity contribution is 5.91. The van der Waals surface area contributed by atoms with Crippen LogP contribution in [0.1, 0.15) is 12.8 Å². The number of carboxylic acid groups (broad SMARTS) is 1. The van der Waals surface area contributed by atoms with Crippen LogP contribution in [0.4, 0.5) is 20.7 Å². The maximum absolute atomic E-state index is 15.4. The molecule has 1 aromatic carbocycles. The third-order valence-corrected chi connectivity index (χ3v) is 5.50. The molecule has 3 aromatic rings. The number of carbonyl (C=O) groups is 1. The van der Waals surface area contributed by atoms with Crippen molar-refractivity contribution in [2.45, 2.75) is 24.6 Å². The SMILES string of the molecule is N#CCC1(n2nc(Nc3ccccc3)c3c(=O)[nH]ccc32)CCN(C(=O)O)CC1F. The molecule has 0 aliphatic carbocycles. The average molecular weight is 410 g/mol. The molecule has 2 atom stereocenters. The Morgan fingerprint density at radius 1 is 1.40 bits per heavy atom. The van der Waals surface area contributed by atoms with E-state index in [4.69, 9.17) is 0 Å². The number of nitriles is 1. The number of hydrogen-bond donors (Lipinski definition) is 3. The summed E-state index contributed by atoms with van der Waals surface area (Å²) in [4.78, 5) is 27.5. The number of H-pyrrole nitrogens is 1. The van der Waals surface area contributed by atoms with E-state index in [2.05, 4.69) is 15.4 Å². The lowest BCUT2D eigenvalue weighted by atomic mass is 9.83. The first-order chi connectivity index (χ1) is 14.5. The maximum Gasteiger partial charge on any atom is 0.407 e. The summed E-state index contributed by atoms with van der Waals surface area (Å²) in [6.45, 7) is -0.313. The minimum Gasteiger partial charge on any atom is -0.465 e. The second kappa shape index (κ2) is 7.51. The molecule has 2 aromatic heterocycles. The lowest BCUT2D eigenvalue weighted by Gasteiger charge is -2.42. The smallest absolute Gasteiger partial charge is 0.407 e. The molecular formula is C20H19FN6O3. The summed E-state index contributed by atoms with van der Waals surface area (Å²) in [7, 11) is 0. The highest BCUT2D eigenvalue weighted by Gasteiger charge is 2.48. The standard InChI is InChI=1S/C20H19FN6O3/c21-15-12-26(19(29)30)11-8-20(15,7-9-22)27-14-6-10-23-18(28)16(14)17(25-27)24-13-4-2-1-3-5-13/h1-6,10,15H,7-8,11-12H2,(H,23,28)(H,24,25)(H,29,30). The first-order valence-electron chi connectivity index (χ1n) is 9.38. The fourth-order valence-corrected chi connectivity index (χ4v) is 3.93. The van der Waals surface area contributed by atoms with Gasteiger partial charge in [-0.25, -0.2) is 9.18 Å². The number of anilines is 2. The van der Waals surface area contributed by atoms with Crippen LogP contribution >= 0.6 is 0 Å². The summed E-state index contributed by atoms with van der Waals surface area (Å²) in [6, 6.07) is 12.7. The quantitative estimate of drug-likeness (QED) is 0.607. The Labute approximate surface area is 170 Å². The number of likely N-dealkylation sites (tertiary alicyclic amines) is 1. The molecule has 2 unspecified atom stereocenters. The Bertz CT molecular complexity index is 1180. The number of aromatic nitrogens is 3. The minimum atomic E-state index is -1.67. The number of rotatable bonds is 4. The molecule has 30 heavy (non-hydrogen) atoms. The Hall–Kier alpha value is -3.87. The maximum atomic E-state index is 15.4. The van der Waals surface area contributed by atoms with E-state index in [1.165, 1.54) is 10.9 Å². The van der Waals surface area contributed by atoms with E-state index in [1.807, 2.05) is 24.3 Å². The van der Waals surface area contributed by atoms with E-state index in [9.17, 15) is 20.0 Å². The van der Waals surface area contributed by atoms with Gasteiger partial charge in [-0.05, 0) is 24.6 Å². The molecule has 0 spiro atoms. The fourth-order valence-electron chi connectivity index (χ4n) is 3.93. The van der Waals surface area contributed by atoms with Crippen molar-refractivity contribution in [3.63, 3.8) is 0 Å². The number of nitrogens with one attached hydrogen (secondary N) is 2. The molecule has 10 heteroatoms. The van der Waals surface area contributed by atoms with Crippen molar-refractivity contribution in [3.8, 4) is 6.07 Å². The molecule has 0 saturated carbocycles. The average Bonchev–Trinajstić information content (AvgIpc) is 3.10. The number of nitrogens with zero attached hydrogens (tertiary/aromatic N) is 4. The van der Waals surface area contributed by atoms with Gasteiger partial charge >= 0.3 is 6.09 Å². The number of alkyl halides is 1. The molecule has 1 aliphatic rings. The van der Waals surface area contributed by atoms with Crippen molar-refractivity contribution in [1.29, 1.82) is 5.26 Å². The Kier molecular flexibility index (Phi) is 4.87. The molecule has 3 heterocycles. The molecule has 1 fully saturated rings. The minimum absolute atomic E-state index is 0.0579. The number of para-hydroxylation sites is 1. The second-order valence-corrected chi connectivity index (χ2v) is 7.20. The van der Waals surface area contributed by atoms with Crippen molar-refractivity contribution in [2.75, 3.05) is 18.4 Å². The van der Waals surface area contributed by atoms with Crippen LogP contribution in [0.5, 0.6) is 0 Å². The van der Waals surface area contributed by atoms with E-state index < -0.39 is 23.4 Å². The zero-order chi connectivity index (χ0) is 21.3. The summed E-state index contributed by atoms with van der Waals surface area (Å²) in [6.07, 6.45) is -1.60. The number of piperidine rings is 1. The van der Waals surface area contributed by atoms with Crippen LogP contribution in [-0.2, 0) is 5.54 Å². The number of aromatic amines is 1. The van der Waals surface area contributed by atoms with E-state index in [1.54, 1.807) is 18.2 Å². The van der Waals surface area contributed by atoms with Crippen LogP contribution in [0, 0.1) is 11.3 Å². The van der Waals surface area contributed by atoms with Gasteiger partial charge in [0.1, 0.15) is 17.1 Å². The molecule has 3 N–H and O–H groups in total. The van der Waals surface area contributed by atoms with Crippen LogP contribution in [0.15, 0.2) is 47.4 Å². The van der Waals surface area contributed by atoms with Crippen LogP contribution in [0.2, 0.25) is 0 Å². The predicted molar refractivity (Wildman–Crippen MR) is 107 cm³/mol. The van der Waals surface area contributed by atoms with Crippen LogP contribution in [0.3, 0.4) is 0 Å². The van der Waals surface area contributed by atoms with Crippen molar-refractivity contribution in [3.05, 3.63) is 52.9 Å². The van der Waals surface area contributed by atoms with E-state index in [0.717, 1.165) is 4.90 Å². The summed E-state index contributed by atoms with van der Waals surface area (Å²) in [5, 5.41) is 26.5. The summed E-state index contributed by atoms with van der Waals surface area (Å²) < 4.78 is 16.8. The third kappa shape index (κ3) is 3.14. The van der Waals surface area contributed by atoms with Crippen molar-refractivity contribution >= 4 is 28.5 Å². The molecule has 154 valence electrons. The van der Waals surface area contributed by atoms with Gasteiger partial charge in [-0.15, -0.1) is 0 Å². The lowest BCUT2D eigenvalue weighted by Crippen LogP contribution is -2.56. The first-order valence-corrected chi connectivity index (χ1v) is 9.38. The van der Waals surface area contributed by atoms with Crippen LogP contribution in [-0.4, -0.2) is 50.1 Å². The zero-order valence-corrected chi connectivity index (χ0v) is 15.9. The Morgan fingerprint density at radius 3 is 2.83 bits per heavy atom. The van der Waals surface area contributed by atoms with Crippen molar-refractivity contribution in [1.82, 2.24) is 19.7 Å². The topological polar surface area (TPSA) is 127 Å². The van der Waals surface area contributed by atoms with Gasteiger partial charge in [0, 0.05) is 18.4 Å². The van der Waals surface area contributed by atoms with Crippen LogP contribution < -0.4 is 10.9 Å². The molecule has 0 radical (unpaired) electrons. The summed E-state index contributed by atoms with van der Waals surface area (Å²) >= 11 is 0. The van der Waals surface area contributed by atoms with E-state index in [-0.39, 0.29) is 37.1 Å². The van der Waals surface area contributed by atoms with Gasteiger partial charge in [0.05, 0.1) is 24.6 Å². The number of pyridine rings is 1. The fraction of sp³-hybridized carbons (Fsp3) is 0.300. The molecule has 0 bridgehead atoms. The molecule has 9 nitrogen and oxygen atoms in total. The number of hydrogen-bond acceptors (Lipinski definition) is 5. The van der Waals surface area contributed by atoms with Gasteiger partial charge in [0.2, 0.25) is 0 Å². The summed E-state index contributed by atoms with van der Waals surface area (Å²) in [5.41, 5.74) is -0.718. The van der Waals surface area contributed by atoms with Crippen LogP contribution in [0.25, 0.3) is 10.9 Å². The molecule has 1 amide bonds. The van der Waals surface area contributed by atoms with E-state index in [0.29, 0.717) is 11.2 Å². The number of halogens is 1. The summed E-state index contributed by atoms with van der Waals surface area (Å²) in [5.74, 6) is 0.239. The highest BCUT2D eigenvalue weighted by Crippen LogP contribution is 2.39. The monoisotopic (exact) mass is 410 g/mol. The van der Waals surface area contributed by atoms with Crippen molar-refractivity contribution < 1.29 is 14.3 Å². The van der Waals surface area contributed by atoms with Gasteiger partial charge in [0.15, 0.2) is 5.82 Å². The first kappa shape index (κ1) is 19.4. The molecule has 1 aliphatic heterocycles. The number of amides is 1. The van der Waals surface area contributed by atoms with Gasteiger partial charge in [-0.1, -0.05) is 18.2 Å². The van der Waals surface area contributed by atoms with Gasteiger partial charge in [-0.2, -0.15) is 10.4 Å². The number of benzene rings is 1. The van der Waals surface area contributed by atoms with Gasteiger partial charge < -0.3 is 20.3 Å². The largest absolute Gasteiger partial charge is 0.465 e. The van der Waals surface area contributed by atoms with Crippen molar-refractivity contribution in [2.24, 2.45) is 0 Å². The predicted octanol–water partition coefficient (Wildman–Crippen LogP) is 2.80. The molecular weight excluding hydrogens is 391 g/mol. The second-order valence-electron chi connectivity index (χ2n) is 7.20. The van der Waals surface area contributed by atoms with Gasteiger partial charge in [-0.3, -0.25) is 9.48 Å². The number of fused-ring (bicyclic) bond motifs is 1. The highest BCUT2D eigenvalue weighted by atomic mass is 19.1. The molecule has 1 saturated heterocycles. The normalized spacial score (nSPS) is 21.3. The van der Waals surface area contributed by atoms with Gasteiger partial charge in [0.25, 0.3) is 5.56 Å². The zero-order valence-electron chi connectivity index (χ0n) is 15.9.